The SMILES string of the molecule is CN(C)C(=CC(=O)C=O)C1CCCCC1. The van der Waals surface area contributed by atoms with E-state index in [0.717, 1.165) is 18.5 Å². The zero-order chi connectivity index (χ0) is 11.3. The molecule has 0 unspecified atom stereocenters. The molecule has 3 heteroatoms. The minimum absolute atomic E-state index is 0.381. The van der Waals surface area contributed by atoms with Gasteiger partial charge in [-0.1, -0.05) is 19.3 Å². The second kappa shape index (κ2) is 5.69. The Labute approximate surface area is 91.1 Å². The van der Waals surface area contributed by atoms with Crippen molar-refractivity contribution in [3.8, 4) is 0 Å². The summed E-state index contributed by atoms with van der Waals surface area (Å²) in [5.74, 6) is 0.0296. The lowest BCUT2D eigenvalue weighted by molar-refractivity contribution is -0.126. The van der Waals surface area contributed by atoms with Gasteiger partial charge in [0.15, 0.2) is 6.29 Å². The average molecular weight is 209 g/mol. The lowest BCUT2D eigenvalue weighted by atomic mass is 9.86. The fourth-order valence-electron chi connectivity index (χ4n) is 2.19. The molecule has 0 saturated heterocycles. The van der Waals surface area contributed by atoms with Crippen LogP contribution in [0.3, 0.4) is 0 Å². The van der Waals surface area contributed by atoms with E-state index in [4.69, 9.17) is 0 Å². The van der Waals surface area contributed by atoms with Crippen molar-refractivity contribution < 1.29 is 9.59 Å². The van der Waals surface area contributed by atoms with Gasteiger partial charge < -0.3 is 4.90 Å². The molecule has 0 aliphatic heterocycles. The molecule has 0 aromatic carbocycles. The van der Waals surface area contributed by atoms with E-state index in [1.165, 1.54) is 25.3 Å². The van der Waals surface area contributed by atoms with E-state index in [2.05, 4.69) is 0 Å². The Kier molecular flexibility index (Phi) is 4.53. The fourth-order valence-corrected chi connectivity index (χ4v) is 2.19. The van der Waals surface area contributed by atoms with Crippen molar-refractivity contribution in [2.75, 3.05) is 14.1 Å². The maximum Gasteiger partial charge on any atom is 0.219 e. The van der Waals surface area contributed by atoms with Gasteiger partial charge >= 0.3 is 0 Å². The lowest BCUT2D eigenvalue weighted by Gasteiger charge is -2.29. The highest BCUT2D eigenvalue weighted by atomic mass is 16.2. The van der Waals surface area contributed by atoms with Crippen LogP contribution in [-0.2, 0) is 9.59 Å². The first-order valence-electron chi connectivity index (χ1n) is 5.53. The first-order valence-corrected chi connectivity index (χ1v) is 5.53. The van der Waals surface area contributed by atoms with Gasteiger partial charge in [0, 0.05) is 25.9 Å². The second-order valence-electron chi connectivity index (χ2n) is 4.32. The first-order chi connectivity index (χ1) is 7.15. The molecule has 1 rings (SSSR count). The summed E-state index contributed by atoms with van der Waals surface area (Å²) in [5.41, 5.74) is 1.01. The summed E-state index contributed by atoms with van der Waals surface area (Å²) in [6.07, 6.45) is 7.89. The number of aldehydes is 1. The predicted octanol–water partition coefficient (Wildman–Crippen LogP) is 1.78. The van der Waals surface area contributed by atoms with Crippen molar-refractivity contribution in [2.24, 2.45) is 5.92 Å². The molecule has 0 spiro atoms. The van der Waals surface area contributed by atoms with Crippen LogP contribution in [0.1, 0.15) is 32.1 Å². The molecule has 84 valence electrons. The normalized spacial score (nSPS) is 18.7. The van der Waals surface area contributed by atoms with E-state index in [1.807, 2.05) is 19.0 Å². The summed E-state index contributed by atoms with van der Waals surface area (Å²) in [7, 11) is 3.86. The number of nitrogens with zero attached hydrogens (tertiary/aromatic N) is 1. The largest absolute Gasteiger partial charge is 0.381 e. The molecule has 0 aromatic heterocycles. The number of hydrogen-bond acceptors (Lipinski definition) is 3. The van der Waals surface area contributed by atoms with Crippen LogP contribution in [0.4, 0.5) is 0 Å². The molecule has 1 aliphatic carbocycles. The van der Waals surface area contributed by atoms with Crippen molar-refractivity contribution in [1.29, 1.82) is 0 Å². The van der Waals surface area contributed by atoms with Crippen LogP contribution in [-0.4, -0.2) is 31.1 Å². The quantitative estimate of drug-likeness (QED) is 0.402. The topological polar surface area (TPSA) is 37.4 Å². The van der Waals surface area contributed by atoms with Gasteiger partial charge in [0.1, 0.15) is 0 Å². The molecule has 0 bridgehead atoms. The average Bonchev–Trinajstić information content (AvgIpc) is 2.26. The van der Waals surface area contributed by atoms with Gasteiger partial charge in [-0.05, 0) is 18.8 Å². The molecule has 0 radical (unpaired) electrons. The van der Waals surface area contributed by atoms with Gasteiger partial charge in [-0.2, -0.15) is 0 Å². The Balaban J connectivity index is 2.76. The zero-order valence-corrected chi connectivity index (χ0v) is 9.53. The molecule has 1 saturated carbocycles. The summed E-state index contributed by atoms with van der Waals surface area (Å²) in [4.78, 5) is 23.4. The second-order valence-corrected chi connectivity index (χ2v) is 4.32. The van der Waals surface area contributed by atoms with Crippen molar-refractivity contribution in [3.63, 3.8) is 0 Å². The molecule has 0 heterocycles. The van der Waals surface area contributed by atoms with Crippen molar-refractivity contribution in [2.45, 2.75) is 32.1 Å². The molecule has 1 fully saturated rings. The van der Waals surface area contributed by atoms with Gasteiger partial charge in [-0.15, -0.1) is 0 Å². The van der Waals surface area contributed by atoms with Crippen molar-refractivity contribution >= 4 is 12.1 Å². The molecule has 0 N–H and O–H groups in total. The van der Waals surface area contributed by atoms with Gasteiger partial charge in [0.25, 0.3) is 0 Å². The number of ketones is 1. The summed E-state index contributed by atoms with van der Waals surface area (Å²) in [6, 6.07) is 0. The van der Waals surface area contributed by atoms with Crippen LogP contribution in [0.15, 0.2) is 11.8 Å². The molecule has 3 nitrogen and oxygen atoms in total. The van der Waals surface area contributed by atoms with Crippen molar-refractivity contribution in [3.05, 3.63) is 11.8 Å². The Bertz CT molecular complexity index is 263. The Morgan fingerprint density at radius 3 is 2.27 bits per heavy atom. The minimum Gasteiger partial charge on any atom is -0.381 e. The van der Waals surface area contributed by atoms with Crippen LogP contribution in [0.2, 0.25) is 0 Å². The van der Waals surface area contributed by atoms with E-state index < -0.39 is 5.78 Å². The highest BCUT2D eigenvalue weighted by Crippen LogP contribution is 2.30. The van der Waals surface area contributed by atoms with Gasteiger partial charge in [-0.3, -0.25) is 9.59 Å². The molecular formula is C12H19NO2. The van der Waals surface area contributed by atoms with Gasteiger partial charge in [0.05, 0.1) is 0 Å². The van der Waals surface area contributed by atoms with Crippen LogP contribution < -0.4 is 0 Å². The van der Waals surface area contributed by atoms with E-state index in [0.29, 0.717) is 12.2 Å². The Hall–Kier alpha value is -1.12. The molecule has 0 atom stereocenters. The van der Waals surface area contributed by atoms with E-state index in [9.17, 15) is 9.59 Å². The Morgan fingerprint density at radius 1 is 1.20 bits per heavy atom. The number of rotatable bonds is 4. The summed E-state index contributed by atoms with van der Waals surface area (Å²) in [5, 5.41) is 0. The predicted molar refractivity (Wildman–Crippen MR) is 59.4 cm³/mol. The highest BCUT2D eigenvalue weighted by Gasteiger charge is 2.19. The number of allylic oxidation sites excluding steroid dienone is 2. The van der Waals surface area contributed by atoms with E-state index in [-0.39, 0.29) is 0 Å². The van der Waals surface area contributed by atoms with Crippen LogP contribution in [0.5, 0.6) is 0 Å². The third-order valence-electron chi connectivity index (χ3n) is 2.95. The molecular weight excluding hydrogens is 190 g/mol. The first kappa shape index (κ1) is 12.0. The van der Waals surface area contributed by atoms with Crippen LogP contribution >= 0.6 is 0 Å². The standard InChI is InChI=1S/C12H19NO2/c1-13(2)12(8-11(15)9-14)10-6-4-3-5-7-10/h8-10H,3-7H2,1-2H3. The van der Waals surface area contributed by atoms with Gasteiger partial charge in [-0.25, -0.2) is 0 Å². The summed E-state index contributed by atoms with van der Waals surface area (Å²) >= 11 is 0. The van der Waals surface area contributed by atoms with Crippen molar-refractivity contribution in [1.82, 2.24) is 4.90 Å². The smallest absolute Gasteiger partial charge is 0.219 e. The monoisotopic (exact) mass is 209 g/mol. The van der Waals surface area contributed by atoms with E-state index >= 15 is 0 Å². The highest BCUT2D eigenvalue weighted by molar-refractivity contribution is 6.30. The van der Waals surface area contributed by atoms with Crippen LogP contribution in [0.25, 0.3) is 0 Å². The Morgan fingerprint density at radius 2 is 1.80 bits per heavy atom. The third kappa shape index (κ3) is 3.50. The number of carbonyl (C=O) groups excluding carboxylic acids is 2. The molecule has 1 aliphatic rings. The lowest BCUT2D eigenvalue weighted by Crippen LogP contribution is -2.22. The maximum absolute atomic E-state index is 11.1. The fraction of sp³-hybridized carbons (Fsp3) is 0.667. The van der Waals surface area contributed by atoms with Crippen LogP contribution in [0, 0.1) is 5.92 Å². The van der Waals surface area contributed by atoms with Gasteiger partial charge in [0.2, 0.25) is 5.78 Å². The molecule has 15 heavy (non-hydrogen) atoms. The van der Waals surface area contributed by atoms with E-state index in [1.54, 1.807) is 0 Å². The minimum atomic E-state index is -0.427. The molecule has 0 aromatic rings. The number of carbonyl (C=O) groups is 2. The number of hydrogen-bond donors (Lipinski definition) is 0. The molecule has 0 amide bonds. The summed E-state index contributed by atoms with van der Waals surface area (Å²) in [6.45, 7) is 0. The third-order valence-corrected chi connectivity index (χ3v) is 2.95. The zero-order valence-electron chi connectivity index (χ0n) is 9.53. The maximum atomic E-state index is 11.1. The summed E-state index contributed by atoms with van der Waals surface area (Å²) < 4.78 is 0.